The van der Waals surface area contributed by atoms with E-state index in [0.29, 0.717) is 28.0 Å². The first-order chi connectivity index (χ1) is 11.4. The quantitative estimate of drug-likeness (QED) is 0.801. The molecule has 2 aromatic heterocycles. The summed E-state index contributed by atoms with van der Waals surface area (Å²) in [7, 11) is 0. The zero-order valence-electron chi connectivity index (χ0n) is 13.5. The lowest BCUT2D eigenvalue weighted by atomic mass is 10.2. The molecule has 0 saturated heterocycles. The number of hydrogen-bond donors (Lipinski definition) is 1. The van der Waals surface area contributed by atoms with Crippen molar-refractivity contribution < 1.29 is 13.6 Å². The molecular weight excluding hydrogens is 313 g/mol. The molecule has 3 aromatic rings. The summed E-state index contributed by atoms with van der Waals surface area (Å²) in [5, 5.41) is 2.93. The van der Waals surface area contributed by atoms with Gasteiger partial charge < -0.3 is 9.73 Å². The van der Waals surface area contributed by atoms with Crippen LogP contribution in [0.3, 0.4) is 0 Å². The lowest BCUT2D eigenvalue weighted by molar-refractivity contribution is -0.116. The lowest BCUT2D eigenvalue weighted by Crippen LogP contribution is -2.28. The number of benzene rings is 1. The molecule has 124 valence electrons. The highest BCUT2D eigenvalue weighted by atomic mass is 19.1. The van der Waals surface area contributed by atoms with E-state index >= 15 is 0 Å². The highest BCUT2D eigenvalue weighted by molar-refractivity contribution is 5.90. The molecule has 0 aliphatic carbocycles. The topological polar surface area (TPSA) is 77.1 Å². The van der Waals surface area contributed by atoms with Crippen LogP contribution in [0.15, 0.2) is 33.7 Å². The van der Waals surface area contributed by atoms with Crippen LogP contribution in [0, 0.1) is 26.6 Å². The van der Waals surface area contributed by atoms with Gasteiger partial charge in [0.25, 0.3) is 5.56 Å². The molecule has 0 aliphatic rings. The molecule has 0 aliphatic heterocycles. The summed E-state index contributed by atoms with van der Waals surface area (Å²) in [5.74, 6) is -0.233. The maximum atomic E-state index is 13.5. The summed E-state index contributed by atoms with van der Waals surface area (Å²) in [6, 6.07) is 4.41. The van der Waals surface area contributed by atoms with Crippen molar-refractivity contribution in [1.29, 1.82) is 0 Å². The molecule has 1 N–H and O–H groups in total. The van der Waals surface area contributed by atoms with Gasteiger partial charge in [-0.2, -0.15) is 0 Å². The van der Waals surface area contributed by atoms with Crippen LogP contribution in [0.2, 0.25) is 0 Å². The number of carbonyl (C=O) groups excluding carboxylic acids is 1. The van der Waals surface area contributed by atoms with Crippen LogP contribution >= 0.6 is 0 Å². The van der Waals surface area contributed by atoms with Crippen molar-refractivity contribution in [1.82, 2.24) is 9.55 Å². The molecule has 1 amide bonds. The summed E-state index contributed by atoms with van der Waals surface area (Å²) in [4.78, 5) is 28.7. The average molecular weight is 329 g/mol. The van der Waals surface area contributed by atoms with Gasteiger partial charge in [0.05, 0.1) is 0 Å². The number of hydrogen-bond acceptors (Lipinski definition) is 4. The van der Waals surface area contributed by atoms with Crippen molar-refractivity contribution in [3.63, 3.8) is 0 Å². The predicted octanol–water partition coefficient (Wildman–Crippen LogP) is 2.69. The second-order valence-electron chi connectivity index (χ2n) is 5.65. The van der Waals surface area contributed by atoms with Crippen LogP contribution < -0.4 is 10.9 Å². The Morgan fingerprint density at radius 3 is 2.79 bits per heavy atom. The molecule has 2 heterocycles. The van der Waals surface area contributed by atoms with E-state index in [1.807, 2.05) is 0 Å². The zero-order valence-corrected chi connectivity index (χ0v) is 13.5. The Labute approximate surface area is 136 Å². The van der Waals surface area contributed by atoms with Gasteiger partial charge in [-0.05, 0) is 38.5 Å². The second-order valence-corrected chi connectivity index (χ2v) is 5.65. The molecule has 0 fully saturated rings. The molecule has 0 unspecified atom stereocenters. The Morgan fingerprint density at radius 1 is 1.33 bits per heavy atom. The van der Waals surface area contributed by atoms with E-state index in [1.54, 1.807) is 32.9 Å². The van der Waals surface area contributed by atoms with Crippen molar-refractivity contribution in [2.24, 2.45) is 0 Å². The van der Waals surface area contributed by atoms with Crippen molar-refractivity contribution in [2.45, 2.75) is 27.3 Å². The van der Waals surface area contributed by atoms with Crippen LogP contribution in [0.5, 0.6) is 0 Å². The number of nitrogens with one attached hydrogen (secondary N) is 1. The minimum absolute atomic E-state index is 0.221. The maximum Gasteiger partial charge on any atom is 0.265 e. The molecule has 0 saturated carbocycles. The minimum Gasteiger partial charge on any atom is -0.443 e. The third-order valence-corrected chi connectivity index (χ3v) is 3.93. The van der Waals surface area contributed by atoms with Crippen LogP contribution in [0.25, 0.3) is 11.1 Å². The maximum absolute atomic E-state index is 13.5. The summed E-state index contributed by atoms with van der Waals surface area (Å²) in [6.07, 6.45) is 1.27. The van der Waals surface area contributed by atoms with Crippen molar-refractivity contribution in [3.8, 4) is 0 Å². The number of carbonyl (C=O) groups is 1. The molecule has 0 spiro atoms. The van der Waals surface area contributed by atoms with Crippen LogP contribution in [0.4, 0.5) is 10.1 Å². The third kappa shape index (κ3) is 2.80. The molecular formula is C17H16FN3O3. The molecule has 7 heteroatoms. The van der Waals surface area contributed by atoms with Gasteiger partial charge in [0.1, 0.15) is 29.8 Å². The van der Waals surface area contributed by atoms with Crippen LogP contribution in [-0.2, 0) is 11.3 Å². The number of amides is 1. The molecule has 0 bridgehead atoms. The molecule has 0 radical (unpaired) electrons. The summed E-state index contributed by atoms with van der Waals surface area (Å²) >= 11 is 0. The number of aromatic nitrogens is 2. The standard InChI is InChI=1S/C17H16FN3O3/c1-9-4-5-12(6-13(9)18)20-14(22)7-21-8-19-16-15(17(21)23)10(2)11(3)24-16/h4-6,8H,7H2,1-3H3,(H,20,22). The molecule has 6 nitrogen and oxygen atoms in total. The number of aryl methyl sites for hydroxylation is 3. The van der Waals surface area contributed by atoms with Crippen LogP contribution in [0.1, 0.15) is 16.9 Å². The van der Waals surface area contributed by atoms with Crippen molar-refractivity contribution in [3.05, 3.63) is 57.6 Å². The average Bonchev–Trinajstić information content (AvgIpc) is 2.81. The number of fused-ring (bicyclic) bond motifs is 1. The first-order valence-corrected chi connectivity index (χ1v) is 7.38. The normalized spacial score (nSPS) is 11.0. The van der Waals surface area contributed by atoms with E-state index in [9.17, 15) is 14.0 Å². The summed E-state index contributed by atoms with van der Waals surface area (Å²) < 4.78 is 20.1. The van der Waals surface area contributed by atoms with E-state index in [0.717, 1.165) is 0 Å². The Balaban J connectivity index is 1.85. The number of nitrogens with zero attached hydrogens (tertiary/aromatic N) is 2. The van der Waals surface area contributed by atoms with Gasteiger partial charge in [0, 0.05) is 11.3 Å². The number of anilines is 1. The first-order valence-electron chi connectivity index (χ1n) is 7.38. The largest absolute Gasteiger partial charge is 0.443 e. The van der Waals surface area contributed by atoms with E-state index < -0.39 is 11.7 Å². The first kappa shape index (κ1) is 15.9. The number of furan rings is 1. The van der Waals surface area contributed by atoms with E-state index in [-0.39, 0.29) is 17.8 Å². The monoisotopic (exact) mass is 329 g/mol. The Bertz CT molecular complexity index is 1000. The second kappa shape index (κ2) is 5.92. The highest BCUT2D eigenvalue weighted by Crippen LogP contribution is 2.19. The van der Waals surface area contributed by atoms with E-state index in [1.165, 1.54) is 17.0 Å². The molecule has 0 atom stereocenters. The predicted molar refractivity (Wildman–Crippen MR) is 87.5 cm³/mol. The fourth-order valence-electron chi connectivity index (χ4n) is 2.41. The van der Waals surface area contributed by atoms with Gasteiger partial charge in [0.2, 0.25) is 11.6 Å². The van der Waals surface area contributed by atoms with Gasteiger partial charge >= 0.3 is 0 Å². The van der Waals surface area contributed by atoms with E-state index in [2.05, 4.69) is 10.3 Å². The SMILES string of the molecule is Cc1ccc(NC(=O)Cn2cnc3oc(C)c(C)c3c2=O)cc1F. The fraction of sp³-hybridized carbons (Fsp3) is 0.235. The van der Waals surface area contributed by atoms with Gasteiger partial charge in [-0.15, -0.1) is 0 Å². The van der Waals surface area contributed by atoms with Crippen molar-refractivity contribution in [2.75, 3.05) is 5.32 Å². The Morgan fingerprint density at radius 2 is 2.08 bits per heavy atom. The molecule has 3 rings (SSSR count). The number of halogens is 1. The van der Waals surface area contributed by atoms with Gasteiger partial charge in [0.15, 0.2) is 0 Å². The minimum atomic E-state index is -0.445. The fourth-order valence-corrected chi connectivity index (χ4v) is 2.41. The molecule has 24 heavy (non-hydrogen) atoms. The summed E-state index contributed by atoms with van der Waals surface area (Å²) in [6.45, 7) is 4.93. The van der Waals surface area contributed by atoms with Gasteiger partial charge in [-0.25, -0.2) is 9.37 Å². The lowest BCUT2D eigenvalue weighted by Gasteiger charge is -2.08. The molecule has 1 aromatic carbocycles. The highest BCUT2D eigenvalue weighted by Gasteiger charge is 2.15. The zero-order chi connectivity index (χ0) is 17.4. The van der Waals surface area contributed by atoms with E-state index in [4.69, 9.17) is 4.42 Å². The Kier molecular flexibility index (Phi) is 3.92. The third-order valence-electron chi connectivity index (χ3n) is 3.93. The summed E-state index contributed by atoms with van der Waals surface area (Å²) in [5.41, 5.74) is 1.44. The number of rotatable bonds is 3. The van der Waals surface area contributed by atoms with Crippen LogP contribution in [-0.4, -0.2) is 15.5 Å². The van der Waals surface area contributed by atoms with Crippen molar-refractivity contribution >= 4 is 22.7 Å². The smallest absolute Gasteiger partial charge is 0.265 e. The van der Waals surface area contributed by atoms with Gasteiger partial charge in [-0.3, -0.25) is 14.2 Å². The van der Waals surface area contributed by atoms with Gasteiger partial charge in [-0.1, -0.05) is 6.07 Å². The Hall–Kier alpha value is -2.96.